The molecule has 4 rings (SSSR count). The maximum atomic E-state index is 13.4. The van der Waals surface area contributed by atoms with E-state index in [4.69, 9.17) is 9.73 Å². The van der Waals surface area contributed by atoms with E-state index in [2.05, 4.69) is 15.9 Å². The van der Waals surface area contributed by atoms with Crippen molar-refractivity contribution in [1.29, 1.82) is 0 Å². The number of hydrogen-bond donors (Lipinski definition) is 0. The van der Waals surface area contributed by atoms with E-state index in [0.29, 0.717) is 10.1 Å². The third-order valence-corrected chi connectivity index (χ3v) is 6.42. The van der Waals surface area contributed by atoms with Gasteiger partial charge in [0, 0.05) is 0 Å². The average Bonchev–Trinajstić information content (AvgIpc) is 3.05. The molecule has 0 unspecified atom stereocenters. The Morgan fingerprint density at radius 3 is 2.23 bits per heavy atom. The van der Waals surface area contributed by atoms with Crippen molar-refractivity contribution in [2.75, 3.05) is 12.0 Å². The number of benzene rings is 3. The molecule has 4 nitrogen and oxygen atoms in total. The monoisotopic (exact) mass is 492 g/mol. The molecular weight excluding hydrogens is 472 g/mol. The highest BCUT2D eigenvalue weighted by Crippen LogP contribution is 2.38. The summed E-state index contributed by atoms with van der Waals surface area (Å²) >= 11 is 4.89. The van der Waals surface area contributed by atoms with Gasteiger partial charge in [0.1, 0.15) is 5.75 Å². The molecule has 0 N–H and O–H groups in total. The van der Waals surface area contributed by atoms with Crippen molar-refractivity contribution in [3.8, 4) is 5.75 Å². The van der Waals surface area contributed by atoms with Gasteiger partial charge in [-0.2, -0.15) is 0 Å². The van der Waals surface area contributed by atoms with Crippen LogP contribution < -0.4 is 9.64 Å². The first-order valence-electron chi connectivity index (χ1n) is 9.74. The number of nitrogens with zero attached hydrogens (tertiary/aromatic N) is 2. The molecular formula is C25H21BrN2O2S. The summed E-state index contributed by atoms with van der Waals surface area (Å²) in [7, 11) is 1.63. The maximum absolute atomic E-state index is 13.4. The van der Waals surface area contributed by atoms with Crippen molar-refractivity contribution in [3.05, 3.63) is 92.8 Å². The largest absolute Gasteiger partial charge is 0.496 e. The van der Waals surface area contributed by atoms with E-state index in [1.54, 1.807) is 12.0 Å². The number of ether oxygens (including phenoxy) is 1. The number of carbonyl (C=O) groups is 1. The Kier molecular flexibility index (Phi) is 6.30. The summed E-state index contributed by atoms with van der Waals surface area (Å²) in [6, 6.07) is 21.6. The standard InChI is InChI=1S/C25H21BrN2O2S/c1-16-4-9-19(10-5-16)27-25-28(20-11-6-17(2)7-12-20)24(29)23(31-25)15-18-8-13-22(30-3)21(26)14-18/h4-15H,1-3H3/b23-15-,27-25?. The molecule has 3 aromatic carbocycles. The number of anilines is 1. The number of aliphatic imine (C=N–C) groups is 1. The van der Waals surface area contributed by atoms with Crippen LogP contribution in [0.1, 0.15) is 16.7 Å². The molecule has 0 atom stereocenters. The topological polar surface area (TPSA) is 41.9 Å². The minimum Gasteiger partial charge on any atom is -0.496 e. The first-order valence-corrected chi connectivity index (χ1v) is 11.3. The van der Waals surface area contributed by atoms with E-state index < -0.39 is 0 Å². The van der Waals surface area contributed by atoms with E-state index >= 15 is 0 Å². The fourth-order valence-corrected chi connectivity index (χ4v) is 4.68. The summed E-state index contributed by atoms with van der Waals surface area (Å²) in [4.78, 5) is 20.4. The number of rotatable bonds is 4. The predicted molar refractivity (Wildman–Crippen MR) is 133 cm³/mol. The van der Waals surface area contributed by atoms with Crippen LogP contribution in [0.5, 0.6) is 5.75 Å². The van der Waals surface area contributed by atoms with Gasteiger partial charge in [0.25, 0.3) is 5.91 Å². The zero-order valence-electron chi connectivity index (χ0n) is 17.4. The Hall–Kier alpha value is -2.83. The lowest BCUT2D eigenvalue weighted by atomic mass is 10.2. The fraction of sp³-hybridized carbons (Fsp3) is 0.120. The van der Waals surface area contributed by atoms with Crippen molar-refractivity contribution in [2.45, 2.75) is 13.8 Å². The Labute approximate surface area is 194 Å². The van der Waals surface area contributed by atoms with Crippen molar-refractivity contribution < 1.29 is 9.53 Å². The number of amidine groups is 1. The molecule has 1 fully saturated rings. The molecule has 0 spiro atoms. The Balaban J connectivity index is 1.75. The van der Waals surface area contributed by atoms with Gasteiger partial charge in [0.2, 0.25) is 0 Å². The van der Waals surface area contributed by atoms with E-state index in [0.717, 1.165) is 32.7 Å². The molecule has 0 radical (unpaired) electrons. The average molecular weight is 493 g/mol. The summed E-state index contributed by atoms with van der Waals surface area (Å²) in [5.74, 6) is 0.655. The van der Waals surface area contributed by atoms with Crippen LogP contribution in [0.15, 0.2) is 81.1 Å². The molecule has 1 saturated heterocycles. The van der Waals surface area contributed by atoms with E-state index in [1.807, 2.05) is 86.7 Å². The Morgan fingerprint density at radius 2 is 1.61 bits per heavy atom. The third-order valence-electron chi connectivity index (χ3n) is 4.83. The second kappa shape index (κ2) is 9.12. The van der Waals surface area contributed by atoms with E-state index in [1.165, 1.54) is 17.3 Å². The lowest BCUT2D eigenvalue weighted by Gasteiger charge is -2.16. The smallest absolute Gasteiger partial charge is 0.271 e. The molecule has 0 saturated carbocycles. The normalized spacial score (nSPS) is 16.4. The molecule has 156 valence electrons. The summed E-state index contributed by atoms with van der Waals surface area (Å²) in [5.41, 5.74) is 4.82. The molecule has 1 amide bonds. The van der Waals surface area contributed by atoms with Crippen LogP contribution in [0, 0.1) is 13.8 Å². The number of aryl methyl sites for hydroxylation is 2. The van der Waals surface area contributed by atoms with Gasteiger partial charge >= 0.3 is 0 Å². The number of amides is 1. The van der Waals surface area contributed by atoms with Gasteiger partial charge in [0.05, 0.1) is 27.9 Å². The Morgan fingerprint density at radius 1 is 0.968 bits per heavy atom. The number of halogens is 1. The van der Waals surface area contributed by atoms with E-state index in [-0.39, 0.29) is 5.91 Å². The van der Waals surface area contributed by atoms with Gasteiger partial charge in [-0.15, -0.1) is 0 Å². The number of thioether (sulfide) groups is 1. The molecule has 0 aromatic heterocycles. The zero-order chi connectivity index (χ0) is 22.0. The third kappa shape index (κ3) is 4.75. The molecule has 1 aliphatic rings. The van der Waals surface area contributed by atoms with Crippen molar-refractivity contribution in [3.63, 3.8) is 0 Å². The molecule has 31 heavy (non-hydrogen) atoms. The molecule has 0 bridgehead atoms. The maximum Gasteiger partial charge on any atom is 0.271 e. The van der Waals surface area contributed by atoms with Crippen LogP contribution in [-0.4, -0.2) is 18.2 Å². The van der Waals surface area contributed by atoms with Gasteiger partial charge in [-0.3, -0.25) is 9.69 Å². The highest BCUT2D eigenvalue weighted by atomic mass is 79.9. The summed E-state index contributed by atoms with van der Waals surface area (Å²) in [5, 5.41) is 0.636. The van der Waals surface area contributed by atoms with Crippen LogP contribution in [-0.2, 0) is 4.79 Å². The minimum absolute atomic E-state index is 0.0911. The van der Waals surface area contributed by atoms with Crippen LogP contribution >= 0.6 is 27.7 Å². The number of methoxy groups -OCH3 is 1. The lowest BCUT2D eigenvalue weighted by Crippen LogP contribution is -2.28. The van der Waals surface area contributed by atoms with Gasteiger partial charge in [-0.1, -0.05) is 41.5 Å². The van der Waals surface area contributed by atoms with E-state index in [9.17, 15) is 4.79 Å². The number of carbonyl (C=O) groups excluding carboxylic acids is 1. The van der Waals surface area contributed by atoms with Gasteiger partial charge in [0.15, 0.2) is 5.17 Å². The summed E-state index contributed by atoms with van der Waals surface area (Å²) in [6.45, 7) is 4.07. The highest BCUT2D eigenvalue weighted by Gasteiger charge is 2.34. The molecule has 1 aliphatic heterocycles. The van der Waals surface area contributed by atoms with Gasteiger partial charge in [-0.05, 0) is 89.6 Å². The molecule has 3 aromatic rings. The Bertz CT molecular complexity index is 1190. The first kappa shape index (κ1) is 21.4. The van der Waals surface area contributed by atoms with Crippen LogP contribution in [0.2, 0.25) is 0 Å². The van der Waals surface area contributed by atoms with Crippen molar-refractivity contribution in [2.24, 2.45) is 4.99 Å². The predicted octanol–water partition coefficient (Wildman–Crippen LogP) is 6.88. The van der Waals surface area contributed by atoms with Crippen LogP contribution in [0.25, 0.3) is 6.08 Å². The zero-order valence-corrected chi connectivity index (χ0v) is 19.8. The molecule has 1 heterocycles. The molecule has 6 heteroatoms. The van der Waals surface area contributed by atoms with Crippen LogP contribution in [0.3, 0.4) is 0 Å². The first-order chi connectivity index (χ1) is 14.9. The second-order valence-corrected chi connectivity index (χ2v) is 9.07. The fourth-order valence-electron chi connectivity index (χ4n) is 3.12. The van der Waals surface area contributed by atoms with Gasteiger partial charge < -0.3 is 4.74 Å². The SMILES string of the molecule is COc1ccc(/C=C2\SC(=Nc3ccc(C)cc3)N(c3ccc(C)cc3)C2=O)cc1Br. The molecule has 0 aliphatic carbocycles. The summed E-state index contributed by atoms with van der Waals surface area (Å²) < 4.78 is 6.14. The minimum atomic E-state index is -0.0911. The quantitative estimate of drug-likeness (QED) is 0.372. The van der Waals surface area contributed by atoms with Crippen molar-refractivity contribution in [1.82, 2.24) is 0 Å². The van der Waals surface area contributed by atoms with Gasteiger partial charge in [-0.25, -0.2) is 4.99 Å². The van der Waals surface area contributed by atoms with Crippen LogP contribution in [0.4, 0.5) is 11.4 Å². The highest BCUT2D eigenvalue weighted by molar-refractivity contribution is 9.10. The summed E-state index contributed by atoms with van der Waals surface area (Å²) in [6.07, 6.45) is 1.88. The van der Waals surface area contributed by atoms with Crippen molar-refractivity contribution >= 4 is 56.2 Å². The number of hydrogen-bond acceptors (Lipinski definition) is 4. The second-order valence-electron chi connectivity index (χ2n) is 7.21. The lowest BCUT2D eigenvalue weighted by molar-refractivity contribution is -0.113.